The van der Waals surface area contributed by atoms with Gasteiger partial charge in [-0.15, -0.1) is 0 Å². The molecule has 1 aromatic carbocycles. The number of carbonyl (C=O) groups is 1. The molecule has 7 unspecified atom stereocenters. The van der Waals surface area contributed by atoms with Crippen molar-refractivity contribution in [2.45, 2.75) is 111 Å². The summed E-state index contributed by atoms with van der Waals surface area (Å²) in [6.07, 6.45) is 10.2. The van der Waals surface area contributed by atoms with E-state index in [1.54, 1.807) is 0 Å². The summed E-state index contributed by atoms with van der Waals surface area (Å²) in [7, 11) is 0. The summed E-state index contributed by atoms with van der Waals surface area (Å²) in [5.74, 6) is 2.58. The number of nitrogens with one attached hydrogen (secondary N) is 1. The van der Waals surface area contributed by atoms with E-state index in [4.69, 9.17) is 0 Å². The summed E-state index contributed by atoms with van der Waals surface area (Å²) < 4.78 is 0. The van der Waals surface area contributed by atoms with Crippen LogP contribution < -0.4 is 5.32 Å². The van der Waals surface area contributed by atoms with E-state index < -0.39 is 0 Å². The Bertz CT molecular complexity index is 903. The van der Waals surface area contributed by atoms with E-state index in [0.717, 1.165) is 32.1 Å². The maximum absolute atomic E-state index is 12.3. The zero-order valence-electron chi connectivity index (χ0n) is 22.4. The molecule has 0 saturated heterocycles. The number of anilines is 1. The van der Waals surface area contributed by atoms with Crippen LogP contribution in [0.3, 0.4) is 0 Å². The first kappa shape index (κ1) is 25.5. The number of benzene rings is 1. The van der Waals surface area contributed by atoms with Crippen molar-refractivity contribution in [3.63, 3.8) is 0 Å². The van der Waals surface area contributed by atoms with E-state index in [0.29, 0.717) is 41.9 Å². The standard InChI is InChI=1S/C28H39NO2.C3H8/c1-17(2)29-20-8-5-18(6-9-20)23-16-28(4)24(11-12-25(28)31)22-10-7-19-15-21(30)13-14-27(19,3)26(22)23;1-3-2/h5-6,8-9,15,17,22-26,29,31H,7,10-14,16H2,1-4H3;3H2,1-2H3. The SMILES string of the molecule is CC(C)Nc1ccc(C2CC3(C)C(O)CCC3C3CCC4=CC(=O)CCC4(C)C23)cc1.CCC. The van der Waals surface area contributed by atoms with Gasteiger partial charge in [0.15, 0.2) is 5.78 Å². The van der Waals surface area contributed by atoms with Crippen molar-refractivity contribution < 1.29 is 9.90 Å². The third-order valence-corrected chi connectivity index (χ3v) is 9.67. The largest absolute Gasteiger partial charge is 0.393 e. The van der Waals surface area contributed by atoms with Crippen molar-refractivity contribution in [3.8, 4) is 0 Å². The molecule has 3 nitrogen and oxygen atoms in total. The second-order valence-corrected chi connectivity index (χ2v) is 12.4. The van der Waals surface area contributed by atoms with Crippen LogP contribution in [0.1, 0.15) is 104 Å². The summed E-state index contributed by atoms with van der Waals surface area (Å²) >= 11 is 0. The van der Waals surface area contributed by atoms with Crippen LogP contribution in [0, 0.1) is 28.6 Å². The number of carbonyl (C=O) groups excluding carboxylic acids is 1. The summed E-state index contributed by atoms with van der Waals surface area (Å²) in [5.41, 5.74) is 4.14. The lowest BCUT2D eigenvalue weighted by molar-refractivity contribution is -0.118. The fourth-order valence-corrected chi connectivity index (χ4v) is 8.20. The highest BCUT2D eigenvalue weighted by Crippen LogP contribution is 2.68. The average molecular weight is 466 g/mol. The Morgan fingerprint density at radius 2 is 1.74 bits per heavy atom. The highest BCUT2D eigenvalue weighted by atomic mass is 16.3. The molecule has 0 amide bonds. The van der Waals surface area contributed by atoms with Crippen LogP contribution in [-0.4, -0.2) is 23.0 Å². The molecule has 2 N–H and O–H groups in total. The highest BCUT2D eigenvalue weighted by Gasteiger charge is 2.62. The molecule has 0 heterocycles. The van der Waals surface area contributed by atoms with Crippen molar-refractivity contribution in [3.05, 3.63) is 41.5 Å². The lowest BCUT2D eigenvalue weighted by Gasteiger charge is -2.61. The Hall–Kier alpha value is -1.61. The van der Waals surface area contributed by atoms with Crippen LogP contribution in [0.15, 0.2) is 35.9 Å². The van der Waals surface area contributed by atoms with Crippen LogP contribution >= 0.6 is 0 Å². The van der Waals surface area contributed by atoms with Gasteiger partial charge >= 0.3 is 0 Å². The van der Waals surface area contributed by atoms with E-state index in [-0.39, 0.29) is 16.9 Å². The molecule has 3 heteroatoms. The van der Waals surface area contributed by atoms with E-state index in [9.17, 15) is 9.90 Å². The Kier molecular flexibility index (Phi) is 7.34. The summed E-state index contributed by atoms with van der Waals surface area (Å²) in [4.78, 5) is 12.3. The molecule has 3 saturated carbocycles. The minimum absolute atomic E-state index is 0.0166. The number of fused-ring (bicyclic) bond motifs is 5. The van der Waals surface area contributed by atoms with Crippen LogP contribution in [-0.2, 0) is 4.79 Å². The summed E-state index contributed by atoms with van der Waals surface area (Å²) in [6, 6.07) is 9.54. The molecule has 34 heavy (non-hydrogen) atoms. The molecule has 1 aromatic rings. The number of aliphatic hydroxyl groups is 1. The predicted octanol–water partition coefficient (Wildman–Crippen LogP) is 7.51. The normalized spacial score (nSPS) is 38.8. The number of allylic oxidation sites excluding steroid dienone is 1. The molecule has 4 aliphatic carbocycles. The van der Waals surface area contributed by atoms with Crippen molar-refractivity contribution in [1.29, 1.82) is 0 Å². The van der Waals surface area contributed by atoms with Crippen molar-refractivity contribution in [2.24, 2.45) is 28.6 Å². The quantitative estimate of drug-likeness (QED) is 0.485. The monoisotopic (exact) mass is 465 g/mol. The Morgan fingerprint density at radius 3 is 2.38 bits per heavy atom. The molecule has 0 radical (unpaired) electrons. The molecule has 0 aliphatic heterocycles. The third kappa shape index (κ3) is 4.38. The molecule has 5 rings (SSSR count). The minimum Gasteiger partial charge on any atom is -0.393 e. The molecular formula is C31H47NO2. The predicted molar refractivity (Wildman–Crippen MR) is 142 cm³/mol. The third-order valence-electron chi connectivity index (χ3n) is 9.67. The number of ketones is 1. The van der Waals surface area contributed by atoms with Crippen LogP contribution in [0.4, 0.5) is 5.69 Å². The molecule has 7 atom stereocenters. The van der Waals surface area contributed by atoms with Crippen LogP contribution in [0.2, 0.25) is 0 Å². The molecule has 0 bridgehead atoms. The number of aliphatic hydroxyl groups excluding tert-OH is 1. The van der Waals surface area contributed by atoms with Crippen molar-refractivity contribution in [1.82, 2.24) is 0 Å². The molecular weight excluding hydrogens is 418 g/mol. The molecule has 4 aliphatic rings. The minimum atomic E-state index is -0.180. The lowest BCUT2D eigenvalue weighted by Crippen LogP contribution is -2.54. The van der Waals surface area contributed by atoms with Gasteiger partial charge in [0.05, 0.1) is 6.10 Å². The topological polar surface area (TPSA) is 49.3 Å². The van der Waals surface area contributed by atoms with E-state index in [1.807, 2.05) is 6.08 Å². The van der Waals surface area contributed by atoms with Crippen LogP contribution in [0.5, 0.6) is 0 Å². The Morgan fingerprint density at radius 1 is 1.06 bits per heavy atom. The summed E-state index contributed by atoms with van der Waals surface area (Å²) in [5, 5.41) is 14.6. The maximum Gasteiger partial charge on any atom is 0.155 e. The fourth-order valence-electron chi connectivity index (χ4n) is 8.20. The Labute approximate surface area is 207 Å². The van der Waals surface area contributed by atoms with Gasteiger partial charge in [0.2, 0.25) is 0 Å². The van der Waals surface area contributed by atoms with E-state index >= 15 is 0 Å². The second-order valence-electron chi connectivity index (χ2n) is 12.4. The first-order valence-electron chi connectivity index (χ1n) is 13.9. The first-order valence-corrected chi connectivity index (χ1v) is 13.9. The average Bonchev–Trinajstić information content (AvgIpc) is 3.09. The smallest absolute Gasteiger partial charge is 0.155 e. The summed E-state index contributed by atoms with van der Waals surface area (Å²) in [6.45, 7) is 13.4. The van der Waals surface area contributed by atoms with Gasteiger partial charge in [0.1, 0.15) is 0 Å². The van der Waals surface area contributed by atoms with Gasteiger partial charge < -0.3 is 10.4 Å². The van der Waals surface area contributed by atoms with E-state index in [2.05, 4.69) is 71.1 Å². The van der Waals surface area contributed by atoms with Crippen LogP contribution in [0.25, 0.3) is 0 Å². The van der Waals surface area contributed by atoms with Crippen molar-refractivity contribution in [2.75, 3.05) is 5.32 Å². The first-order chi connectivity index (χ1) is 16.1. The highest BCUT2D eigenvalue weighted by molar-refractivity contribution is 5.91. The van der Waals surface area contributed by atoms with Gasteiger partial charge in [-0.05, 0) is 111 Å². The molecule has 3 fully saturated rings. The maximum atomic E-state index is 12.3. The number of hydrogen-bond acceptors (Lipinski definition) is 3. The molecule has 0 aromatic heterocycles. The molecule has 0 spiro atoms. The molecule has 188 valence electrons. The van der Waals surface area contributed by atoms with Gasteiger partial charge in [-0.2, -0.15) is 0 Å². The zero-order valence-corrected chi connectivity index (χ0v) is 22.4. The second kappa shape index (κ2) is 9.80. The van der Waals surface area contributed by atoms with Gasteiger partial charge in [0, 0.05) is 18.2 Å². The number of rotatable bonds is 3. The number of hydrogen-bond donors (Lipinski definition) is 2. The van der Waals surface area contributed by atoms with Gasteiger partial charge in [-0.1, -0.05) is 51.8 Å². The van der Waals surface area contributed by atoms with E-state index in [1.165, 1.54) is 29.7 Å². The van der Waals surface area contributed by atoms with Gasteiger partial charge in [-0.3, -0.25) is 4.79 Å². The zero-order chi connectivity index (χ0) is 24.7. The lowest BCUT2D eigenvalue weighted by atomic mass is 9.44. The van der Waals surface area contributed by atoms with Crippen molar-refractivity contribution >= 4 is 11.5 Å². The van der Waals surface area contributed by atoms with Gasteiger partial charge in [-0.25, -0.2) is 0 Å². The van der Waals surface area contributed by atoms with Gasteiger partial charge in [0.25, 0.3) is 0 Å². The fraction of sp³-hybridized carbons (Fsp3) is 0.710. The Balaban J connectivity index is 0.000000868.